The predicted molar refractivity (Wildman–Crippen MR) is 124 cm³/mol. The largest absolute Gasteiger partial charge is 0.449 e. The molecule has 0 aliphatic rings. The Morgan fingerprint density at radius 3 is 2.71 bits per heavy atom. The Bertz CT molecular complexity index is 1240. The molecule has 0 fully saturated rings. The number of ether oxygens (including phenoxy) is 1. The number of benzene rings is 3. The van der Waals surface area contributed by atoms with Gasteiger partial charge in [-0.05, 0) is 42.8 Å². The van der Waals surface area contributed by atoms with E-state index < -0.39 is 12.3 Å². The van der Waals surface area contributed by atoms with E-state index in [9.17, 15) is 9.90 Å². The molecule has 0 saturated carbocycles. The van der Waals surface area contributed by atoms with Crippen LogP contribution >= 0.6 is 0 Å². The van der Waals surface area contributed by atoms with E-state index in [4.69, 9.17) is 10.5 Å². The summed E-state index contributed by atoms with van der Waals surface area (Å²) in [6.45, 7) is 2.28. The maximum absolute atomic E-state index is 11.8. The Balaban J connectivity index is 1.66. The van der Waals surface area contributed by atoms with Crippen LogP contribution in [0.4, 0.5) is 21.9 Å². The molecule has 0 radical (unpaired) electrons. The van der Waals surface area contributed by atoms with E-state index >= 15 is 0 Å². The lowest BCUT2D eigenvalue weighted by molar-refractivity contribution is 0.161. The Morgan fingerprint density at radius 1 is 1.06 bits per heavy atom. The van der Waals surface area contributed by atoms with Crippen molar-refractivity contribution in [3.8, 4) is 0 Å². The molecule has 0 bridgehead atoms. The van der Waals surface area contributed by atoms with Crippen molar-refractivity contribution in [3.05, 3.63) is 72.3 Å². The first-order chi connectivity index (χ1) is 15.0. The maximum atomic E-state index is 11.8. The number of amides is 1. The number of hydrogen-bond acceptors (Lipinski definition) is 6. The van der Waals surface area contributed by atoms with Crippen LogP contribution in [0.25, 0.3) is 21.8 Å². The van der Waals surface area contributed by atoms with E-state index in [1.54, 1.807) is 24.3 Å². The Kier molecular flexibility index (Phi) is 5.86. The fraction of sp³-hybridized carbons (Fsp3) is 0.167. The van der Waals surface area contributed by atoms with Crippen LogP contribution in [0, 0.1) is 0 Å². The molecule has 158 valence electrons. The second-order valence-corrected chi connectivity index (χ2v) is 7.21. The molecule has 1 unspecified atom stereocenters. The summed E-state index contributed by atoms with van der Waals surface area (Å²) in [5.74, 6) is 0. The van der Waals surface area contributed by atoms with E-state index in [-0.39, 0.29) is 0 Å². The van der Waals surface area contributed by atoms with Crippen molar-refractivity contribution in [2.45, 2.75) is 19.6 Å². The molecule has 0 aliphatic carbocycles. The van der Waals surface area contributed by atoms with Gasteiger partial charge in [-0.2, -0.15) is 0 Å². The number of carbonyl (C=O) groups is 1. The number of carbonyl (C=O) groups excluding carboxylic acids is 1. The number of fused-ring (bicyclic) bond motifs is 2. The monoisotopic (exact) mass is 416 g/mol. The highest BCUT2D eigenvalue weighted by Crippen LogP contribution is 2.34. The Hall–Kier alpha value is -3.84. The third-order valence-electron chi connectivity index (χ3n) is 4.87. The van der Waals surface area contributed by atoms with Crippen LogP contribution in [0.1, 0.15) is 25.1 Å². The molecule has 7 heteroatoms. The minimum atomic E-state index is -1.01. The van der Waals surface area contributed by atoms with E-state index in [0.29, 0.717) is 23.5 Å². The summed E-state index contributed by atoms with van der Waals surface area (Å²) >= 11 is 0. The van der Waals surface area contributed by atoms with Gasteiger partial charge in [0.25, 0.3) is 0 Å². The van der Waals surface area contributed by atoms with Crippen LogP contribution in [-0.2, 0) is 4.74 Å². The third-order valence-corrected chi connectivity index (χ3v) is 4.87. The molecule has 7 nitrogen and oxygen atoms in total. The number of aliphatic hydroxyl groups is 1. The van der Waals surface area contributed by atoms with Gasteiger partial charge in [-0.1, -0.05) is 37.3 Å². The smallest absolute Gasteiger partial charge is 0.411 e. The van der Waals surface area contributed by atoms with Crippen molar-refractivity contribution in [2.75, 3.05) is 23.0 Å². The van der Waals surface area contributed by atoms with Gasteiger partial charge in [0.15, 0.2) is 6.23 Å². The lowest BCUT2D eigenvalue weighted by Crippen LogP contribution is -2.15. The molecule has 1 aromatic heterocycles. The first-order valence-corrected chi connectivity index (χ1v) is 10.1. The van der Waals surface area contributed by atoms with Crippen molar-refractivity contribution in [1.82, 2.24) is 4.98 Å². The number of para-hydroxylation sites is 1. The van der Waals surface area contributed by atoms with E-state index in [0.717, 1.165) is 33.9 Å². The van der Waals surface area contributed by atoms with E-state index in [1.807, 2.05) is 49.4 Å². The van der Waals surface area contributed by atoms with Crippen molar-refractivity contribution < 1.29 is 14.6 Å². The van der Waals surface area contributed by atoms with E-state index in [1.165, 1.54) is 0 Å². The number of nitrogen functional groups attached to an aromatic ring is 1. The SMILES string of the molecule is CCCOC(=O)Nc1cccc(C(O)Nc2c3ccccc3nc3cc(N)ccc23)c1. The van der Waals surface area contributed by atoms with Gasteiger partial charge in [-0.3, -0.25) is 5.32 Å². The van der Waals surface area contributed by atoms with Gasteiger partial charge < -0.3 is 20.9 Å². The van der Waals surface area contributed by atoms with Gasteiger partial charge in [0.05, 0.1) is 23.3 Å². The summed E-state index contributed by atoms with van der Waals surface area (Å²) in [6.07, 6.45) is -0.791. The molecule has 5 N–H and O–H groups in total. The fourth-order valence-electron chi connectivity index (χ4n) is 3.42. The molecule has 1 amide bonds. The van der Waals surface area contributed by atoms with Crippen LogP contribution in [0.3, 0.4) is 0 Å². The molecule has 3 aromatic carbocycles. The average Bonchev–Trinajstić information content (AvgIpc) is 2.77. The second kappa shape index (κ2) is 8.89. The van der Waals surface area contributed by atoms with Crippen LogP contribution in [0.5, 0.6) is 0 Å². The zero-order chi connectivity index (χ0) is 21.8. The van der Waals surface area contributed by atoms with Gasteiger partial charge in [-0.15, -0.1) is 0 Å². The van der Waals surface area contributed by atoms with Gasteiger partial charge in [-0.25, -0.2) is 9.78 Å². The molecule has 0 saturated heterocycles. The molecule has 31 heavy (non-hydrogen) atoms. The number of nitrogens with two attached hydrogens (primary N) is 1. The predicted octanol–water partition coefficient (Wildman–Crippen LogP) is 5.03. The number of anilines is 3. The zero-order valence-corrected chi connectivity index (χ0v) is 17.1. The topological polar surface area (TPSA) is 110 Å². The number of aliphatic hydroxyl groups excluding tert-OH is 1. The van der Waals surface area contributed by atoms with Crippen LogP contribution in [0.15, 0.2) is 66.7 Å². The maximum Gasteiger partial charge on any atom is 0.411 e. The molecule has 1 atom stereocenters. The van der Waals surface area contributed by atoms with Crippen LogP contribution < -0.4 is 16.4 Å². The minimum Gasteiger partial charge on any atom is -0.449 e. The normalized spacial score (nSPS) is 11.9. The Morgan fingerprint density at radius 2 is 1.87 bits per heavy atom. The highest BCUT2D eigenvalue weighted by molar-refractivity contribution is 6.08. The minimum absolute atomic E-state index is 0.350. The van der Waals surface area contributed by atoms with Gasteiger partial charge in [0, 0.05) is 27.7 Å². The quantitative estimate of drug-likeness (QED) is 0.199. The molecular weight excluding hydrogens is 392 g/mol. The van der Waals surface area contributed by atoms with Gasteiger partial charge in [0.2, 0.25) is 0 Å². The van der Waals surface area contributed by atoms with Crippen LogP contribution in [0.2, 0.25) is 0 Å². The number of nitrogens with zero attached hydrogens (tertiary/aromatic N) is 1. The molecular formula is C24H24N4O3. The molecule has 0 aliphatic heterocycles. The number of nitrogens with one attached hydrogen (secondary N) is 2. The summed E-state index contributed by atoms with van der Waals surface area (Å²) in [7, 11) is 0. The van der Waals surface area contributed by atoms with Crippen LogP contribution in [-0.4, -0.2) is 22.8 Å². The standard InChI is InChI=1S/C24H24N4O3/c1-2-12-31-24(30)26-17-7-5-6-15(13-17)23(29)28-22-18-8-3-4-9-20(18)27-21-14-16(25)10-11-19(21)22/h3-11,13-14,23,29H,2,12,25H2,1H3,(H,26,30)(H,27,28). The lowest BCUT2D eigenvalue weighted by atomic mass is 10.1. The van der Waals surface area contributed by atoms with Crippen molar-refractivity contribution in [2.24, 2.45) is 0 Å². The zero-order valence-electron chi connectivity index (χ0n) is 17.1. The van der Waals surface area contributed by atoms with Crippen molar-refractivity contribution in [3.63, 3.8) is 0 Å². The Labute approximate surface area is 179 Å². The number of aromatic nitrogens is 1. The van der Waals surface area contributed by atoms with Crippen molar-refractivity contribution in [1.29, 1.82) is 0 Å². The summed E-state index contributed by atoms with van der Waals surface area (Å²) in [5, 5.41) is 18.6. The number of pyridine rings is 1. The van der Waals surface area contributed by atoms with Crippen molar-refractivity contribution >= 4 is 45.0 Å². The third kappa shape index (κ3) is 4.51. The summed E-state index contributed by atoms with van der Waals surface area (Å²) in [6, 6.07) is 20.2. The fourth-order valence-corrected chi connectivity index (χ4v) is 3.42. The summed E-state index contributed by atoms with van der Waals surface area (Å²) < 4.78 is 5.05. The number of rotatable bonds is 6. The first kappa shape index (κ1) is 20.4. The molecule has 4 rings (SSSR count). The molecule has 0 spiro atoms. The molecule has 4 aromatic rings. The first-order valence-electron chi connectivity index (χ1n) is 10.1. The van der Waals surface area contributed by atoms with E-state index in [2.05, 4.69) is 15.6 Å². The molecule has 1 heterocycles. The summed E-state index contributed by atoms with van der Waals surface area (Å²) in [5.41, 5.74) is 9.99. The lowest BCUT2D eigenvalue weighted by Gasteiger charge is -2.19. The average molecular weight is 416 g/mol. The highest BCUT2D eigenvalue weighted by atomic mass is 16.5. The second-order valence-electron chi connectivity index (χ2n) is 7.21. The number of hydrogen-bond donors (Lipinski definition) is 4. The van der Waals surface area contributed by atoms with Gasteiger partial charge in [0.1, 0.15) is 0 Å². The highest BCUT2D eigenvalue weighted by Gasteiger charge is 2.15. The summed E-state index contributed by atoms with van der Waals surface area (Å²) in [4.78, 5) is 16.5. The van der Waals surface area contributed by atoms with Gasteiger partial charge >= 0.3 is 6.09 Å².